The monoisotopic (exact) mass is 397 g/mol. The van der Waals surface area contributed by atoms with Crippen LogP contribution in [0.5, 0.6) is 5.75 Å². The van der Waals surface area contributed by atoms with E-state index < -0.39 is 6.36 Å². The minimum absolute atomic E-state index is 0.172. The molecular formula is C19H22F3N3OS. The third-order valence-corrected chi connectivity index (χ3v) is 5.32. The van der Waals surface area contributed by atoms with E-state index >= 15 is 0 Å². The molecular weight excluding hydrogens is 375 g/mol. The molecule has 146 valence electrons. The molecule has 8 heteroatoms. The molecule has 2 aromatic rings. The van der Waals surface area contributed by atoms with Gasteiger partial charge >= 0.3 is 6.36 Å². The van der Waals surface area contributed by atoms with Crippen molar-refractivity contribution in [1.29, 1.82) is 0 Å². The maximum Gasteiger partial charge on any atom is 0.573 e. The number of hydrogen-bond acceptors (Lipinski definition) is 5. The van der Waals surface area contributed by atoms with E-state index in [2.05, 4.69) is 28.6 Å². The molecule has 0 saturated carbocycles. The molecule has 1 heterocycles. The summed E-state index contributed by atoms with van der Waals surface area (Å²) in [7, 11) is 0. The molecule has 0 unspecified atom stereocenters. The molecule has 1 aromatic heterocycles. The number of allylic oxidation sites excluding steroid dienone is 2. The molecule has 0 amide bonds. The van der Waals surface area contributed by atoms with E-state index in [1.54, 1.807) is 23.9 Å². The second-order valence-electron chi connectivity index (χ2n) is 5.99. The summed E-state index contributed by atoms with van der Waals surface area (Å²) in [6, 6.07) is 5.63. The van der Waals surface area contributed by atoms with Gasteiger partial charge in [0.2, 0.25) is 0 Å². The number of hydrogen-bond donors (Lipinski definition) is 1. The normalized spacial score (nSPS) is 12.7. The van der Waals surface area contributed by atoms with Crippen molar-refractivity contribution in [3.05, 3.63) is 46.1 Å². The topological polar surface area (TPSA) is 61.0 Å². The van der Waals surface area contributed by atoms with Crippen LogP contribution in [0.25, 0.3) is 11.3 Å². The summed E-state index contributed by atoms with van der Waals surface area (Å²) in [6.45, 7) is 8.27. The molecule has 0 aliphatic rings. The Bertz CT molecular complexity index is 833. The van der Waals surface area contributed by atoms with Gasteiger partial charge in [0.25, 0.3) is 0 Å². The van der Waals surface area contributed by atoms with Crippen molar-refractivity contribution in [1.82, 2.24) is 9.97 Å². The summed E-state index contributed by atoms with van der Waals surface area (Å²) in [5, 5.41) is 0.793. The lowest BCUT2D eigenvalue weighted by atomic mass is 10.1. The number of nitrogens with zero attached hydrogens (tertiary/aromatic N) is 2. The molecule has 0 spiro atoms. The molecule has 0 fully saturated rings. The van der Waals surface area contributed by atoms with Crippen LogP contribution in [-0.2, 0) is 6.54 Å². The van der Waals surface area contributed by atoms with Gasteiger partial charge in [0.15, 0.2) is 0 Å². The molecule has 27 heavy (non-hydrogen) atoms. The summed E-state index contributed by atoms with van der Waals surface area (Å²) < 4.78 is 40.9. The van der Waals surface area contributed by atoms with E-state index in [1.807, 2.05) is 13.8 Å². The summed E-state index contributed by atoms with van der Waals surface area (Å²) in [4.78, 5) is 10.1. The second kappa shape index (κ2) is 8.75. The Labute approximate surface area is 161 Å². The number of rotatable bonds is 6. The predicted molar refractivity (Wildman–Crippen MR) is 101 cm³/mol. The molecule has 0 saturated heterocycles. The SMILES string of the molecule is CC/C(C)=C(\C)Sc1nc(CN)nc(-c2ccc(OC(F)(F)F)cc2)c1C. The summed E-state index contributed by atoms with van der Waals surface area (Å²) in [5.74, 6) is 0.208. The third-order valence-electron chi connectivity index (χ3n) is 4.07. The Balaban J connectivity index is 2.43. The Kier molecular flexibility index (Phi) is 6.89. The lowest BCUT2D eigenvalue weighted by molar-refractivity contribution is -0.274. The highest BCUT2D eigenvalue weighted by atomic mass is 32.2. The van der Waals surface area contributed by atoms with Gasteiger partial charge in [-0.05, 0) is 56.4 Å². The van der Waals surface area contributed by atoms with E-state index in [0.29, 0.717) is 17.1 Å². The molecule has 2 rings (SSSR count). The number of alkyl halides is 3. The lowest BCUT2D eigenvalue weighted by Gasteiger charge is -2.14. The quantitative estimate of drug-likeness (QED) is 0.507. The number of nitrogens with two attached hydrogens (primary N) is 1. The summed E-state index contributed by atoms with van der Waals surface area (Å²) in [5.41, 5.74) is 9.18. The fraction of sp³-hybridized carbons (Fsp3) is 0.368. The lowest BCUT2D eigenvalue weighted by Crippen LogP contribution is -2.17. The Morgan fingerprint density at radius 2 is 1.78 bits per heavy atom. The predicted octanol–water partition coefficient (Wildman–Crippen LogP) is 5.61. The van der Waals surface area contributed by atoms with Gasteiger partial charge < -0.3 is 10.5 Å². The Morgan fingerprint density at radius 1 is 1.15 bits per heavy atom. The van der Waals surface area contributed by atoms with Gasteiger partial charge in [-0.15, -0.1) is 13.2 Å². The second-order valence-corrected chi connectivity index (χ2v) is 7.19. The number of aromatic nitrogens is 2. The van der Waals surface area contributed by atoms with Crippen LogP contribution in [0.2, 0.25) is 0 Å². The van der Waals surface area contributed by atoms with Crippen molar-refractivity contribution in [2.24, 2.45) is 5.73 Å². The minimum atomic E-state index is -4.72. The van der Waals surface area contributed by atoms with Gasteiger partial charge in [-0.1, -0.05) is 24.3 Å². The van der Waals surface area contributed by atoms with Gasteiger partial charge in [0, 0.05) is 11.1 Å². The molecule has 0 bridgehead atoms. The van der Waals surface area contributed by atoms with E-state index in [0.717, 1.165) is 21.9 Å². The molecule has 2 N–H and O–H groups in total. The number of thioether (sulfide) groups is 1. The Morgan fingerprint density at radius 3 is 2.30 bits per heavy atom. The van der Waals surface area contributed by atoms with Gasteiger partial charge in [-0.2, -0.15) is 0 Å². The van der Waals surface area contributed by atoms with E-state index in [-0.39, 0.29) is 12.3 Å². The fourth-order valence-electron chi connectivity index (χ4n) is 2.31. The van der Waals surface area contributed by atoms with Crippen molar-refractivity contribution >= 4 is 11.8 Å². The van der Waals surface area contributed by atoms with Crippen LogP contribution < -0.4 is 10.5 Å². The van der Waals surface area contributed by atoms with Crippen LogP contribution in [0.4, 0.5) is 13.2 Å². The Hall–Kier alpha value is -2.06. The zero-order chi connectivity index (χ0) is 20.2. The van der Waals surface area contributed by atoms with Crippen molar-refractivity contribution in [3.63, 3.8) is 0 Å². The first-order valence-corrected chi connectivity index (χ1v) is 9.24. The molecule has 4 nitrogen and oxygen atoms in total. The van der Waals surface area contributed by atoms with Crippen LogP contribution in [-0.4, -0.2) is 16.3 Å². The highest BCUT2D eigenvalue weighted by molar-refractivity contribution is 8.03. The first kappa shape index (κ1) is 21.2. The molecule has 0 aliphatic heterocycles. The smallest absolute Gasteiger partial charge is 0.406 e. The standard InChI is InChI=1S/C19H22F3N3OS/c1-5-11(2)13(4)27-18-12(3)17(24-16(10-23)25-18)14-6-8-15(9-7-14)26-19(20,21)22/h6-9H,5,10,23H2,1-4H3/b13-11+. The first-order chi connectivity index (χ1) is 12.6. The average molecular weight is 397 g/mol. The van der Waals surface area contributed by atoms with E-state index in [4.69, 9.17) is 5.73 Å². The van der Waals surface area contributed by atoms with Gasteiger partial charge in [0.1, 0.15) is 16.6 Å². The van der Waals surface area contributed by atoms with Crippen molar-refractivity contribution in [3.8, 4) is 17.0 Å². The van der Waals surface area contributed by atoms with Crippen molar-refractivity contribution in [2.45, 2.75) is 52.0 Å². The number of halogens is 3. The van der Waals surface area contributed by atoms with Gasteiger partial charge in [0.05, 0.1) is 12.2 Å². The van der Waals surface area contributed by atoms with Crippen LogP contribution in [0, 0.1) is 6.92 Å². The number of benzene rings is 1. The number of ether oxygens (including phenoxy) is 1. The van der Waals surface area contributed by atoms with Crippen LogP contribution in [0.1, 0.15) is 38.6 Å². The molecule has 1 aromatic carbocycles. The molecule has 0 atom stereocenters. The maximum atomic E-state index is 12.3. The first-order valence-electron chi connectivity index (χ1n) is 8.42. The zero-order valence-corrected chi connectivity index (χ0v) is 16.5. The summed E-state index contributed by atoms with van der Waals surface area (Å²) in [6.07, 6.45) is -3.77. The highest BCUT2D eigenvalue weighted by Crippen LogP contribution is 2.35. The van der Waals surface area contributed by atoms with Gasteiger partial charge in [-0.25, -0.2) is 9.97 Å². The third kappa shape index (κ3) is 5.71. The molecule has 0 aliphatic carbocycles. The van der Waals surface area contributed by atoms with E-state index in [1.165, 1.54) is 17.7 Å². The van der Waals surface area contributed by atoms with E-state index in [9.17, 15) is 13.2 Å². The fourth-order valence-corrected chi connectivity index (χ4v) is 3.32. The summed E-state index contributed by atoms with van der Waals surface area (Å²) >= 11 is 1.55. The average Bonchev–Trinajstić information content (AvgIpc) is 2.62. The van der Waals surface area contributed by atoms with Crippen LogP contribution in [0.3, 0.4) is 0 Å². The zero-order valence-electron chi connectivity index (χ0n) is 15.6. The van der Waals surface area contributed by atoms with Gasteiger partial charge in [-0.3, -0.25) is 0 Å². The highest BCUT2D eigenvalue weighted by Gasteiger charge is 2.31. The minimum Gasteiger partial charge on any atom is -0.406 e. The molecule has 0 radical (unpaired) electrons. The largest absolute Gasteiger partial charge is 0.573 e. The van der Waals surface area contributed by atoms with Crippen molar-refractivity contribution < 1.29 is 17.9 Å². The van der Waals surface area contributed by atoms with Crippen LogP contribution >= 0.6 is 11.8 Å². The van der Waals surface area contributed by atoms with Crippen molar-refractivity contribution in [2.75, 3.05) is 0 Å². The van der Waals surface area contributed by atoms with Crippen LogP contribution in [0.15, 0.2) is 39.8 Å². The maximum absolute atomic E-state index is 12.3.